The standard InChI is InChI=1S/C22H33N5O2S/c23-11-18-2-1-3-27(18)20(29)13-25-22-9-16-6-17(10-22)8-21(7-16,14-22)24-12-19(28)26-4-5-30-15-26/h16-18,24-25H,1-10,12-15H2/t16?,17?,18-,21?,22?/m0/s1. The van der Waals surface area contributed by atoms with Gasteiger partial charge in [0.25, 0.3) is 0 Å². The molecule has 0 aromatic heterocycles. The Morgan fingerprint density at radius 2 is 1.70 bits per heavy atom. The molecule has 4 aliphatic carbocycles. The van der Waals surface area contributed by atoms with Gasteiger partial charge in [0.15, 0.2) is 0 Å². The van der Waals surface area contributed by atoms with Gasteiger partial charge in [-0.25, -0.2) is 0 Å². The van der Waals surface area contributed by atoms with E-state index in [-0.39, 0.29) is 28.9 Å². The smallest absolute Gasteiger partial charge is 0.237 e. The summed E-state index contributed by atoms with van der Waals surface area (Å²) in [6.45, 7) is 2.35. The van der Waals surface area contributed by atoms with Gasteiger partial charge >= 0.3 is 0 Å². The minimum atomic E-state index is -0.251. The molecule has 7 nitrogen and oxygen atoms in total. The number of thioether (sulfide) groups is 1. The van der Waals surface area contributed by atoms with Gasteiger partial charge in [0.05, 0.1) is 25.0 Å². The Balaban J connectivity index is 1.22. The number of nitriles is 1. The second-order valence-corrected chi connectivity index (χ2v) is 11.4. The van der Waals surface area contributed by atoms with Gasteiger partial charge in [-0.1, -0.05) is 0 Å². The fraction of sp³-hybridized carbons (Fsp3) is 0.864. The highest BCUT2D eigenvalue weighted by Gasteiger charge is 2.57. The molecule has 2 aliphatic heterocycles. The summed E-state index contributed by atoms with van der Waals surface area (Å²) in [4.78, 5) is 29.1. The molecule has 0 aromatic rings. The molecule has 2 unspecified atom stereocenters. The molecule has 2 heterocycles. The van der Waals surface area contributed by atoms with Crippen LogP contribution in [0.1, 0.15) is 51.4 Å². The number of rotatable bonds is 6. The van der Waals surface area contributed by atoms with Crippen LogP contribution in [0.2, 0.25) is 0 Å². The molecule has 4 bridgehead atoms. The van der Waals surface area contributed by atoms with Gasteiger partial charge in [0.1, 0.15) is 6.04 Å². The van der Waals surface area contributed by atoms with Crippen molar-refractivity contribution in [3.8, 4) is 6.07 Å². The quantitative estimate of drug-likeness (QED) is 0.659. The van der Waals surface area contributed by atoms with Crippen LogP contribution in [0.3, 0.4) is 0 Å². The normalized spacial score (nSPS) is 39.5. The van der Waals surface area contributed by atoms with Crippen molar-refractivity contribution in [2.24, 2.45) is 11.8 Å². The molecular weight excluding hydrogens is 398 g/mol. The minimum Gasteiger partial charge on any atom is -0.332 e. The lowest BCUT2D eigenvalue weighted by Gasteiger charge is -2.62. The largest absolute Gasteiger partial charge is 0.332 e. The molecule has 2 N–H and O–H groups in total. The van der Waals surface area contributed by atoms with Crippen molar-refractivity contribution in [3.63, 3.8) is 0 Å². The van der Waals surface area contributed by atoms with E-state index in [1.165, 1.54) is 6.42 Å². The molecule has 4 saturated carbocycles. The number of carbonyl (C=O) groups excluding carboxylic acids is 2. The number of amides is 2. The lowest BCUT2D eigenvalue weighted by Crippen LogP contribution is -2.69. The average Bonchev–Trinajstić information content (AvgIpc) is 3.41. The molecule has 0 radical (unpaired) electrons. The van der Waals surface area contributed by atoms with E-state index in [0.717, 1.165) is 63.1 Å². The average molecular weight is 432 g/mol. The highest BCUT2D eigenvalue weighted by molar-refractivity contribution is 7.99. The maximum atomic E-state index is 12.8. The molecule has 6 rings (SSSR count). The first-order chi connectivity index (χ1) is 14.5. The number of carbonyl (C=O) groups is 2. The van der Waals surface area contributed by atoms with E-state index in [1.54, 1.807) is 4.90 Å². The molecule has 6 aliphatic rings. The van der Waals surface area contributed by atoms with E-state index in [9.17, 15) is 14.9 Å². The summed E-state index contributed by atoms with van der Waals surface area (Å²) >= 11 is 1.83. The Hall–Kier alpha value is -1.30. The number of hydrogen-bond acceptors (Lipinski definition) is 6. The Kier molecular flexibility index (Phi) is 5.49. The van der Waals surface area contributed by atoms with Crippen LogP contribution in [-0.2, 0) is 9.59 Å². The first kappa shape index (κ1) is 20.6. The molecule has 3 atom stereocenters. The summed E-state index contributed by atoms with van der Waals surface area (Å²) in [7, 11) is 0. The first-order valence-corrected chi connectivity index (χ1v) is 12.7. The molecule has 164 valence electrons. The lowest BCUT2D eigenvalue weighted by molar-refractivity contribution is -0.132. The van der Waals surface area contributed by atoms with Crippen LogP contribution in [0.4, 0.5) is 0 Å². The van der Waals surface area contributed by atoms with Crippen molar-refractivity contribution in [1.29, 1.82) is 5.26 Å². The number of likely N-dealkylation sites (tertiary alicyclic amines) is 1. The topological polar surface area (TPSA) is 88.5 Å². The zero-order valence-electron chi connectivity index (χ0n) is 17.7. The minimum absolute atomic E-state index is 0.00114. The van der Waals surface area contributed by atoms with Gasteiger partial charge in [0.2, 0.25) is 11.8 Å². The third-order valence-electron chi connectivity index (χ3n) is 8.12. The van der Waals surface area contributed by atoms with Gasteiger partial charge in [0, 0.05) is 29.9 Å². The molecule has 2 amide bonds. The molecule has 0 spiro atoms. The van der Waals surface area contributed by atoms with Gasteiger partial charge in [-0.2, -0.15) is 5.26 Å². The Labute approximate surface area is 183 Å². The Morgan fingerprint density at radius 3 is 2.30 bits per heavy atom. The van der Waals surface area contributed by atoms with Crippen LogP contribution in [0.5, 0.6) is 0 Å². The zero-order chi connectivity index (χ0) is 20.8. The van der Waals surface area contributed by atoms with Crippen molar-refractivity contribution >= 4 is 23.6 Å². The zero-order valence-corrected chi connectivity index (χ0v) is 18.5. The predicted octanol–water partition coefficient (Wildman–Crippen LogP) is 1.30. The summed E-state index contributed by atoms with van der Waals surface area (Å²) in [5.74, 6) is 3.52. The number of hydrogen-bond donors (Lipinski definition) is 2. The van der Waals surface area contributed by atoms with Crippen LogP contribution in [0.15, 0.2) is 0 Å². The second kappa shape index (κ2) is 7.99. The van der Waals surface area contributed by atoms with Gasteiger partial charge in [-0.05, 0) is 63.2 Å². The van der Waals surface area contributed by atoms with E-state index >= 15 is 0 Å². The number of nitrogens with one attached hydrogen (secondary N) is 2. The fourth-order valence-electron chi connectivity index (χ4n) is 7.23. The van der Waals surface area contributed by atoms with Gasteiger partial charge < -0.3 is 20.4 Å². The van der Waals surface area contributed by atoms with Gasteiger partial charge in [-0.15, -0.1) is 11.8 Å². The third-order valence-corrected chi connectivity index (χ3v) is 9.08. The van der Waals surface area contributed by atoms with Crippen LogP contribution in [0.25, 0.3) is 0 Å². The molecule has 8 heteroatoms. The molecule has 6 fully saturated rings. The lowest BCUT2D eigenvalue weighted by atomic mass is 9.50. The Morgan fingerprint density at radius 1 is 1.03 bits per heavy atom. The van der Waals surface area contributed by atoms with E-state index in [0.29, 0.717) is 31.5 Å². The van der Waals surface area contributed by atoms with E-state index in [1.807, 2.05) is 16.7 Å². The monoisotopic (exact) mass is 431 g/mol. The van der Waals surface area contributed by atoms with Gasteiger partial charge in [-0.3, -0.25) is 9.59 Å². The second-order valence-electron chi connectivity index (χ2n) is 10.3. The van der Waals surface area contributed by atoms with E-state index in [4.69, 9.17) is 0 Å². The van der Waals surface area contributed by atoms with Crippen molar-refractivity contribution < 1.29 is 9.59 Å². The summed E-state index contributed by atoms with van der Waals surface area (Å²) in [5, 5.41) is 16.7. The van der Waals surface area contributed by atoms with Crippen LogP contribution in [-0.4, -0.2) is 76.5 Å². The first-order valence-electron chi connectivity index (χ1n) is 11.5. The van der Waals surface area contributed by atoms with Crippen LogP contribution < -0.4 is 10.6 Å². The maximum Gasteiger partial charge on any atom is 0.237 e. The van der Waals surface area contributed by atoms with Crippen molar-refractivity contribution in [3.05, 3.63) is 0 Å². The molecule has 2 saturated heterocycles. The Bertz CT molecular complexity index is 732. The SMILES string of the molecule is N#C[C@@H]1CCCN1C(=O)CNC12CC3CC(CC(NCC(=O)N4CCSC4)(C3)C1)C2. The number of nitrogens with zero attached hydrogens (tertiary/aromatic N) is 3. The molecule has 30 heavy (non-hydrogen) atoms. The van der Waals surface area contributed by atoms with Crippen molar-refractivity contribution in [2.45, 2.75) is 68.5 Å². The summed E-state index contributed by atoms with van der Waals surface area (Å²) in [5.41, 5.74) is 0.0344. The highest BCUT2D eigenvalue weighted by atomic mass is 32.2. The third kappa shape index (κ3) is 3.85. The summed E-state index contributed by atoms with van der Waals surface area (Å²) < 4.78 is 0. The van der Waals surface area contributed by atoms with Crippen molar-refractivity contribution in [2.75, 3.05) is 37.8 Å². The molecular formula is C22H33N5O2S. The fourth-order valence-corrected chi connectivity index (χ4v) is 8.20. The predicted molar refractivity (Wildman–Crippen MR) is 116 cm³/mol. The van der Waals surface area contributed by atoms with E-state index < -0.39 is 0 Å². The highest BCUT2D eigenvalue weighted by Crippen LogP contribution is 2.57. The maximum absolute atomic E-state index is 12.8. The van der Waals surface area contributed by atoms with Crippen molar-refractivity contribution in [1.82, 2.24) is 20.4 Å². The van der Waals surface area contributed by atoms with Crippen LogP contribution >= 0.6 is 11.8 Å². The molecule has 0 aromatic carbocycles. The summed E-state index contributed by atoms with van der Waals surface area (Å²) in [6.07, 6.45) is 8.61. The van der Waals surface area contributed by atoms with E-state index in [2.05, 4.69) is 16.7 Å². The van der Waals surface area contributed by atoms with Crippen LogP contribution in [0, 0.1) is 23.2 Å². The summed E-state index contributed by atoms with van der Waals surface area (Å²) in [6, 6.07) is 2.02.